The van der Waals surface area contributed by atoms with Gasteiger partial charge in [-0.25, -0.2) is 13.1 Å². The second-order valence-electron chi connectivity index (χ2n) is 5.12. The quantitative estimate of drug-likeness (QED) is 0.881. The van der Waals surface area contributed by atoms with Crippen LogP contribution in [0.4, 0.5) is 0 Å². The van der Waals surface area contributed by atoms with E-state index in [4.69, 9.17) is 5.73 Å². The Morgan fingerprint density at radius 3 is 2.53 bits per heavy atom. The van der Waals surface area contributed by atoms with Gasteiger partial charge in [0.25, 0.3) is 0 Å². The summed E-state index contributed by atoms with van der Waals surface area (Å²) in [6, 6.07) is 5.46. The highest BCUT2D eigenvalue weighted by atomic mass is 79.9. The van der Waals surface area contributed by atoms with Crippen molar-refractivity contribution in [2.75, 3.05) is 0 Å². The second-order valence-corrected chi connectivity index (χ2v) is 7.60. The molecule has 0 spiro atoms. The summed E-state index contributed by atoms with van der Waals surface area (Å²) in [7, 11) is -3.47. The lowest BCUT2D eigenvalue weighted by Crippen LogP contribution is -2.40. The van der Waals surface area contributed by atoms with Gasteiger partial charge in [-0.1, -0.05) is 12.1 Å². The Morgan fingerprint density at radius 2 is 1.89 bits per heavy atom. The van der Waals surface area contributed by atoms with E-state index >= 15 is 0 Å². The molecule has 1 fully saturated rings. The highest BCUT2D eigenvalue weighted by molar-refractivity contribution is 9.10. The molecule has 0 aromatic heterocycles. The summed E-state index contributed by atoms with van der Waals surface area (Å²) < 4.78 is 28.2. The summed E-state index contributed by atoms with van der Waals surface area (Å²) in [5, 5.41) is 0. The molecule has 0 bridgehead atoms. The molecule has 0 saturated heterocycles. The summed E-state index contributed by atoms with van der Waals surface area (Å²) in [6.45, 7) is 1.88. The molecular weight excluding hydrogens is 328 g/mol. The van der Waals surface area contributed by atoms with E-state index in [1.54, 1.807) is 12.1 Å². The smallest absolute Gasteiger partial charge is 0.241 e. The first-order valence-corrected chi connectivity index (χ1v) is 8.71. The lowest BCUT2D eigenvalue weighted by atomic mass is 9.93. The topological polar surface area (TPSA) is 72.2 Å². The number of halogens is 1. The zero-order chi connectivity index (χ0) is 14.0. The van der Waals surface area contributed by atoms with Crippen molar-refractivity contribution in [2.45, 2.75) is 49.6 Å². The largest absolute Gasteiger partial charge is 0.328 e. The number of hydrogen-bond acceptors (Lipinski definition) is 3. The van der Waals surface area contributed by atoms with Gasteiger partial charge < -0.3 is 5.73 Å². The van der Waals surface area contributed by atoms with E-state index in [0.717, 1.165) is 31.2 Å². The zero-order valence-electron chi connectivity index (χ0n) is 10.9. The fraction of sp³-hybridized carbons (Fsp3) is 0.538. The van der Waals surface area contributed by atoms with Gasteiger partial charge in [-0.05, 0) is 60.2 Å². The fourth-order valence-electron chi connectivity index (χ4n) is 2.35. The summed E-state index contributed by atoms with van der Waals surface area (Å²) in [6.07, 6.45) is 3.37. The van der Waals surface area contributed by atoms with Gasteiger partial charge in [0.2, 0.25) is 10.0 Å². The van der Waals surface area contributed by atoms with Crippen molar-refractivity contribution < 1.29 is 8.42 Å². The zero-order valence-corrected chi connectivity index (χ0v) is 13.3. The number of hydrogen-bond donors (Lipinski definition) is 2. The van der Waals surface area contributed by atoms with Crippen molar-refractivity contribution in [2.24, 2.45) is 5.73 Å². The summed E-state index contributed by atoms with van der Waals surface area (Å²) in [5.74, 6) is 0. The number of aryl methyl sites for hydroxylation is 1. The van der Waals surface area contributed by atoms with Gasteiger partial charge in [0.1, 0.15) is 0 Å². The molecule has 106 valence electrons. The summed E-state index contributed by atoms with van der Waals surface area (Å²) in [4.78, 5) is 0.308. The molecule has 4 nitrogen and oxygen atoms in total. The van der Waals surface area contributed by atoms with E-state index in [1.165, 1.54) is 0 Å². The molecule has 1 aromatic rings. The van der Waals surface area contributed by atoms with Gasteiger partial charge in [0.15, 0.2) is 0 Å². The first-order valence-electron chi connectivity index (χ1n) is 6.43. The molecule has 19 heavy (non-hydrogen) atoms. The van der Waals surface area contributed by atoms with E-state index in [2.05, 4.69) is 20.7 Å². The number of nitrogens with one attached hydrogen (secondary N) is 1. The molecule has 1 aliphatic carbocycles. The molecule has 0 atom stereocenters. The van der Waals surface area contributed by atoms with Crippen LogP contribution >= 0.6 is 15.9 Å². The van der Waals surface area contributed by atoms with Crippen molar-refractivity contribution in [3.8, 4) is 0 Å². The Morgan fingerprint density at radius 1 is 1.26 bits per heavy atom. The van der Waals surface area contributed by atoms with Crippen molar-refractivity contribution in [3.05, 3.63) is 28.2 Å². The Bertz CT molecular complexity index is 552. The molecule has 1 aliphatic rings. The van der Waals surface area contributed by atoms with Gasteiger partial charge in [-0.3, -0.25) is 0 Å². The van der Waals surface area contributed by atoms with Crippen LogP contribution in [0.15, 0.2) is 27.6 Å². The Labute approximate surface area is 122 Å². The molecule has 3 N–H and O–H groups in total. The molecule has 1 aromatic carbocycles. The SMILES string of the molecule is Cc1cccc(S(=O)(=O)NC2CCC(N)CC2)c1Br. The van der Waals surface area contributed by atoms with Crippen LogP contribution in [0.5, 0.6) is 0 Å². The highest BCUT2D eigenvalue weighted by Gasteiger charge is 2.25. The number of rotatable bonds is 3. The van der Waals surface area contributed by atoms with E-state index in [0.29, 0.717) is 9.37 Å². The third-order valence-electron chi connectivity index (χ3n) is 3.54. The lowest BCUT2D eigenvalue weighted by Gasteiger charge is -2.26. The average Bonchev–Trinajstić information content (AvgIpc) is 2.35. The van der Waals surface area contributed by atoms with Crippen LogP contribution in [-0.2, 0) is 10.0 Å². The molecule has 0 heterocycles. The van der Waals surface area contributed by atoms with Gasteiger partial charge in [-0.15, -0.1) is 0 Å². The third kappa shape index (κ3) is 3.56. The molecule has 2 rings (SSSR count). The monoisotopic (exact) mass is 346 g/mol. The van der Waals surface area contributed by atoms with Gasteiger partial charge in [0.05, 0.1) is 4.90 Å². The van der Waals surface area contributed by atoms with Crippen LogP contribution in [-0.4, -0.2) is 20.5 Å². The minimum atomic E-state index is -3.47. The maximum atomic E-state index is 12.4. The minimum Gasteiger partial charge on any atom is -0.328 e. The van der Waals surface area contributed by atoms with Crippen LogP contribution in [0.1, 0.15) is 31.2 Å². The van der Waals surface area contributed by atoms with Gasteiger partial charge >= 0.3 is 0 Å². The standard InChI is InChI=1S/C13H19BrN2O2S/c1-9-3-2-4-12(13(9)14)19(17,18)16-11-7-5-10(15)6-8-11/h2-4,10-11,16H,5-8,15H2,1H3. The van der Waals surface area contributed by atoms with Crippen LogP contribution < -0.4 is 10.5 Å². The van der Waals surface area contributed by atoms with Crippen molar-refractivity contribution in [1.82, 2.24) is 4.72 Å². The van der Waals surface area contributed by atoms with E-state index in [-0.39, 0.29) is 12.1 Å². The molecule has 0 amide bonds. The van der Waals surface area contributed by atoms with Gasteiger partial charge in [-0.2, -0.15) is 0 Å². The van der Waals surface area contributed by atoms with Crippen LogP contribution in [0, 0.1) is 6.92 Å². The van der Waals surface area contributed by atoms with Crippen molar-refractivity contribution in [1.29, 1.82) is 0 Å². The van der Waals surface area contributed by atoms with Crippen LogP contribution in [0.3, 0.4) is 0 Å². The maximum absolute atomic E-state index is 12.4. The predicted octanol–water partition coefficient (Wildman–Crippen LogP) is 2.31. The first kappa shape index (κ1) is 15.0. The van der Waals surface area contributed by atoms with Crippen molar-refractivity contribution in [3.63, 3.8) is 0 Å². The van der Waals surface area contributed by atoms with Crippen LogP contribution in [0.2, 0.25) is 0 Å². The lowest BCUT2D eigenvalue weighted by molar-refractivity contribution is 0.373. The highest BCUT2D eigenvalue weighted by Crippen LogP contribution is 2.26. The predicted molar refractivity (Wildman–Crippen MR) is 79.4 cm³/mol. The average molecular weight is 347 g/mol. The Balaban J connectivity index is 2.16. The maximum Gasteiger partial charge on any atom is 0.241 e. The molecule has 0 unspecified atom stereocenters. The second kappa shape index (κ2) is 5.91. The minimum absolute atomic E-state index is 0.00258. The molecule has 0 aliphatic heterocycles. The number of sulfonamides is 1. The Hall–Kier alpha value is -0.430. The van der Waals surface area contributed by atoms with E-state index in [9.17, 15) is 8.42 Å². The molecule has 1 saturated carbocycles. The number of benzene rings is 1. The van der Waals surface area contributed by atoms with Crippen LogP contribution in [0.25, 0.3) is 0 Å². The summed E-state index contributed by atoms with van der Waals surface area (Å²) in [5.41, 5.74) is 6.74. The van der Waals surface area contributed by atoms with Gasteiger partial charge in [0, 0.05) is 16.6 Å². The van der Waals surface area contributed by atoms with E-state index in [1.807, 2.05) is 13.0 Å². The number of nitrogens with two attached hydrogens (primary N) is 1. The van der Waals surface area contributed by atoms with Crippen molar-refractivity contribution >= 4 is 26.0 Å². The Kier molecular flexibility index (Phi) is 4.66. The fourth-order valence-corrected chi connectivity index (χ4v) is 4.71. The normalized spacial score (nSPS) is 24.4. The molecule has 6 heteroatoms. The first-order chi connectivity index (χ1) is 8.90. The third-order valence-corrected chi connectivity index (χ3v) is 6.42. The molecule has 0 radical (unpaired) electrons. The summed E-state index contributed by atoms with van der Waals surface area (Å²) >= 11 is 3.35. The molecular formula is C13H19BrN2O2S. The van der Waals surface area contributed by atoms with E-state index < -0.39 is 10.0 Å².